The van der Waals surface area contributed by atoms with Crippen LogP contribution in [0.5, 0.6) is 5.75 Å². The van der Waals surface area contributed by atoms with Crippen LogP contribution < -0.4 is 15.0 Å². The van der Waals surface area contributed by atoms with E-state index in [1.54, 1.807) is 0 Å². The second kappa shape index (κ2) is 5.19. The smallest absolute Gasteiger partial charge is 0.142 e. The van der Waals surface area contributed by atoms with Gasteiger partial charge in [0.1, 0.15) is 5.75 Å². The Morgan fingerprint density at radius 3 is 2.78 bits per heavy atom. The monoisotopic (exact) mass is 248 g/mol. The summed E-state index contributed by atoms with van der Waals surface area (Å²) in [7, 11) is 0. The van der Waals surface area contributed by atoms with Crippen LogP contribution in [0.2, 0.25) is 0 Å². The highest BCUT2D eigenvalue weighted by atomic mass is 16.5. The van der Waals surface area contributed by atoms with Crippen molar-refractivity contribution in [3.05, 3.63) is 24.3 Å². The average Bonchev–Trinajstić information content (AvgIpc) is 2.30. The van der Waals surface area contributed by atoms with Gasteiger partial charge in [0.05, 0.1) is 12.3 Å². The van der Waals surface area contributed by atoms with Gasteiger partial charge in [-0.05, 0) is 39.8 Å². The molecule has 3 heteroatoms. The minimum absolute atomic E-state index is 0.102. The molecule has 0 amide bonds. The van der Waals surface area contributed by atoms with Gasteiger partial charge < -0.3 is 15.0 Å². The molecule has 18 heavy (non-hydrogen) atoms. The van der Waals surface area contributed by atoms with Gasteiger partial charge in [-0.25, -0.2) is 0 Å². The van der Waals surface area contributed by atoms with E-state index in [0.717, 1.165) is 18.8 Å². The second-order valence-electron chi connectivity index (χ2n) is 5.56. The third-order valence-corrected chi connectivity index (χ3v) is 3.51. The second-order valence-corrected chi connectivity index (χ2v) is 5.56. The lowest BCUT2D eigenvalue weighted by atomic mass is 9.95. The Balaban J connectivity index is 2.39. The molecule has 1 N–H and O–H groups in total. The number of ether oxygens (including phenoxy) is 1. The fraction of sp³-hybridized carbons (Fsp3) is 0.600. The topological polar surface area (TPSA) is 24.5 Å². The molecular formula is C15H24N2O. The predicted octanol–water partition coefficient (Wildman–Crippen LogP) is 2.66. The summed E-state index contributed by atoms with van der Waals surface area (Å²) in [6, 6.07) is 8.81. The van der Waals surface area contributed by atoms with Gasteiger partial charge in [-0.2, -0.15) is 0 Å². The number of benzene rings is 1. The first-order chi connectivity index (χ1) is 8.56. The molecular weight excluding hydrogens is 224 g/mol. The standard InChI is InChI=1S/C15H24N2O/c1-5-18-14-9-7-6-8-13(14)17-12(2)10-16-11-15(17,3)4/h6-9,12,16H,5,10-11H2,1-4H3. The molecule has 0 aromatic heterocycles. The summed E-state index contributed by atoms with van der Waals surface area (Å²) >= 11 is 0. The molecule has 1 aromatic rings. The molecule has 0 bridgehead atoms. The zero-order valence-electron chi connectivity index (χ0n) is 11.9. The fourth-order valence-electron chi connectivity index (χ4n) is 2.86. The molecule has 1 aliphatic heterocycles. The maximum Gasteiger partial charge on any atom is 0.142 e. The third-order valence-electron chi connectivity index (χ3n) is 3.51. The largest absolute Gasteiger partial charge is 0.492 e. The molecule has 100 valence electrons. The highest BCUT2D eigenvalue weighted by Crippen LogP contribution is 2.35. The van der Waals surface area contributed by atoms with Crippen molar-refractivity contribution in [2.24, 2.45) is 0 Å². The SMILES string of the molecule is CCOc1ccccc1N1C(C)CNCC1(C)C. The van der Waals surface area contributed by atoms with Crippen LogP contribution in [0.3, 0.4) is 0 Å². The zero-order chi connectivity index (χ0) is 13.2. The summed E-state index contributed by atoms with van der Waals surface area (Å²) in [5.74, 6) is 0.988. The summed E-state index contributed by atoms with van der Waals surface area (Å²) in [4.78, 5) is 2.48. The van der Waals surface area contributed by atoms with E-state index in [0.29, 0.717) is 12.6 Å². The summed E-state index contributed by atoms with van der Waals surface area (Å²) in [6.45, 7) is 11.6. The Bertz CT molecular complexity index is 403. The van der Waals surface area contributed by atoms with Gasteiger partial charge in [0.2, 0.25) is 0 Å². The predicted molar refractivity (Wildman–Crippen MR) is 76.5 cm³/mol. The van der Waals surface area contributed by atoms with E-state index < -0.39 is 0 Å². The maximum absolute atomic E-state index is 5.77. The first-order valence-corrected chi connectivity index (χ1v) is 6.78. The van der Waals surface area contributed by atoms with Gasteiger partial charge >= 0.3 is 0 Å². The van der Waals surface area contributed by atoms with Crippen molar-refractivity contribution in [3.63, 3.8) is 0 Å². The van der Waals surface area contributed by atoms with E-state index in [4.69, 9.17) is 4.74 Å². The molecule has 1 aliphatic rings. The van der Waals surface area contributed by atoms with E-state index in [-0.39, 0.29) is 5.54 Å². The van der Waals surface area contributed by atoms with E-state index >= 15 is 0 Å². The average molecular weight is 248 g/mol. The summed E-state index contributed by atoms with van der Waals surface area (Å²) in [6.07, 6.45) is 0. The Labute approximate surface area is 110 Å². The molecule has 1 aromatic carbocycles. The first-order valence-electron chi connectivity index (χ1n) is 6.78. The molecule has 2 rings (SSSR count). The van der Waals surface area contributed by atoms with Gasteiger partial charge in [0.15, 0.2) is 0 Å². The van der Waals surface area contributed by atoms with Crippen LogP contribution in [0.1, 0.15) is 27.7 Å². The van der Waals surface area contributed by atoms with Crippen LogP contribution in [0.25, 0.3) is 0 Å². The van der Waals surface area contributed by atoms with Crippen LogP contribution in [-0.2, 0) is 0 Å². The van der Waals surface area contributed by atoms with E-state index in [2.05, 4.69) is 49.2 Å². The fourth-order valence-corrected chi connectivity index (χ4v) is 2.86. The Hall–Kier alpha value is -1.22. The molecule has 1 fully saturated rings. The molecule has 1 saturated heterocycles. The van der Waals surface area contributed by atoms with Crippen LogP contribution in [0.4, 0.5) is 5.69 Å². The van der Waals surface area contributed by atoms with Gasteiger partial charge in [-0.1, -0.05) is 12.1 Å². The van der Waals surface area contributed by atoms with Crippen molar-refractivity contribution in [2.75, 3.05) is 24.6 Å². The zero-order valence-corrected chi connectivity index (χ0v) is 11.9. The lowest BCUT2D eigenvalue weighted by molar-refractivity contribution is 0.313. The minimum Gasteiger partial charge on any atom is -0.492 e. The number of para-hydroxylation sites is 2. The first kappa shape index (κ1) is 13.2. The van der Waals surface area contributed by atoms with Crippen LogP contribution in [0, 0.1) is 0 Å². The Morgan fingerprint density at radius 1 is 1.39 bits per heavy atom. The number of hydrogen-bond acceptors (Lipinski definition) is 3. The molecule has 0 radical (unpaired) electrons. The normalized spacial score (nSPS) is 22.9. The van der Waals surface area contributed by atoms with Crippen molar-refractivity contribution >= 4 is 5.69 Å². The number of anilines is 1. The van der Waals surface area contributed by atoms with Crippen molar-refractivity contribution in [3.8, 4) is 5.75 Å². The number of nitrogens with one attached hydrogen (secondary N) is 1. The summed E-state index contributed by atoms with van der Waals surface area (Å²) in [5.41, 5.74) is 1.31. The minimum atomic E-state index is 0.102. The molecule has 3 nitrogen and oxygen atoms in total. The van der Waals surface area contributed by atoms with Gasteiger partial charge in [0.25, 0.3) is 0 Å². The lowest BCUT2D eigenvalue weighted by Gasteiger charge is -2.49. The number of nitrogens with zero attached hydrogens (tertiary/aromatic N) is 1. The highest BCUT2D eigenvalue weighted by Gasteiger charge is 2.35. The third kappa shape index (κ3) is 2.46. The molecule has 1 unspecified atom stereocenters. The van der Waals surface area contributed by atoms with E-state index in [1.807, 2.05) is 13.0 Å². The van der Waals surface area contributed by atoms with E-state index in [1.165, 1.54) is 5.69 Å². The van der Waals surface area contributed by atoms with Crippen LogP contribution in [-0.4, -0.2) is 31.3 Å². The summed E-state index contributed by atoms with van der Waals surface area (Å²) < 4.78 is 5.77. The molecule has 0 saturated carbocycles. The van der Waals surface area contributed by atoms with E-state index in [9.17, 15) is 0 Å². The molecule has 0 aliphatic carbocycles. The van der Waals surface area contributed by atoms with Gasteiger partial charge in [-0.3, -0.25) is 0 Å². The molecule has 1 heterocycles. The Kier molecular flexibility index (Phi) is 3.81. The van der Waals surface area contributed by atoms with Crippen molar-refractivity contribution < 1.29 is 4.74 Å². The van der Waals surface area contributed by atoms with Crippen LogP contribution >= 0.6 is 0 Å². The Morgan fingerprint density at radius 2 is 2.11 bits per heavy atom. The molecule has 1 atom stereocenters. The number of rotatable bonds is 3. The quantitative estimate of drug-likeness (QED) is 0.890. The van der Waals surface area contributed by atoms with Gasteiger partial charge in [-0.15, -0.1) is 0 Å². The maximum atomic E-state index is 5.77. The van der Waals surface area contributed by atoms with Gasteiger partial charge in [0, 0.05) is 24.7 Å². The van der Waals surface area contributed by atoms with Crippen molar-refractivity contribution in [2.45, 2.75) is 39.3 Å². The highest BCUT2D eigenvalue weighted by molar-refractivity contribution is 5.61. The van der Waals surface area contributed by atoms with Crippen molar-refractivity contribution in [1.82, 2.24) is 5.32 Å². The lowest BCUT2D eigenvalue weighted by Crippen LogP contribution is -2.62. The van der Waals surface area contributed by atoms with Crippen LogP contribution in [0.15, 0.2) is 24.3 Å². The molecule has 0 spiro atoms. The van der Waals surface area contributed by atoms with Crippen molar-refractivity contribution in [1.29, 1.82) is 0 Å². The number of hydrogen-bond donors (Lipinski definition) is 1. The summed E-state index contributed by atoms with van der Waals surface area (Å²) in [5, 5.41) is 3.49. The number of piperazine rings is 1.